The number of fused-ring (bicyclic) bond motifs is 2. The number of rotatable bonds is 3. The summed E-state index contributed by atoms with van der Waals surface area (Å²) >= 11 is 0. The van der Waals surface area contributed by atoms with Gasteiger partial charge in [0.25, 0.3) is 0 Å². The maximum atomic E-state index is 13.2. The molecular weight excluding hydrogens is 395 g/mol. The summed E-state index contributed by atoms with van der Waals surface area (Å²) in [7, 11) is 0. The number of ether oxygens (including phenoxy) is 2. The predicted molar refractivity (Wildman–Crippen MR) is 115 cm³/mol. The van der Waals surface area contributed by atoms with Crippen molar-refractivity contribution in [1.29, 1.82) is 0 Å². The Morgan fingerprint density at radius 2 is 1.90 bits per heavy atom. The average Bonchev–Trinajstić information content (AvgIpc) is 3.44. The molecule has 0 radical (unpaired) electrons. The van der Waals surface area contributed by atoms with Gasteiger partial charge in [-0.3, -0.25) is 9.69 Å². The Kier molecular flexibility index (Phi) is 4.46. The largest absolute Gasteiger partial charge is 0.462 e. The van der Waals surface area contributed by atoms with Gasteiger partial charge in [-0.15, -0.1) is 0 Å². The second-order valence-corrected chi connectivity index (χ2v) is 10.8. The van der Waals surface area contributed by atoms with Gasteiger partial charge in [0, 0.05) is 49.7 Å². The summed E-state index contributed by atoms with van der Waals surface area (Å²) in [6.07, 6.45) is 4.83. The van der Waals surface area contributed by atoms with Crippen molar-refractivity contribution in [1.82, 2.24) is 4.90 Å². The van der Waals surface area contributed by atoms with Crippen LogP contribution in [0.5, 0.6) is 0 Å². The molecule has 1 aromatic carbocycles. The van der Waals surface area contributed by atoms with E-state index in [0.29, 0.717) is 5.92 Å². The molecule has 3 aliphatic heterocycles. The molecule has 2 aliphatic carbocycles. The van der Waals surface area contributed by atoms with Crippen LogP contribution in [0.15, 0.2) is 24.3 Å². The zero-order chi connectivity index (χ0) is 21.4. The summed E-state index contributed by atoms with van der Waals surface area (Å²) < 4.78 is 25.8. The van der Waals surface area contributed by atoms with E-state index in [2.05, 4.69) is 23.6 Å². The molecule has 7 atom stereocenters. The molecule has 6 rings (SSSR count). The number of nitrogens with zero attached hydrogens (tertiary/aromatic N) is 2. The molecular formula is C25H33FN2O3. The third-order valence-corrected chi connectivity index (χ3v) is 9.21. The topological polar surface area (TPSA) is 45.3 Å². The molecule has 0 unspecified atom stereocenters. The number of halogens is 1. The van der Waals surface area contributed by atoms with E-state index in [4.69, 9.17) is 9.47 Å². The van der Waals surface area contributed by atoms with Gasteiger partial charge in [0.1, 0.15) is 17.5 Å². The van der Waals surface area contributed by atoms with Crippen LogP contribution < -0.4 is 4.90 Å². The van der Waals surface area contributed by atoms with Crippen LogP contribution in [-0.2, 0) is 14.3 Å². The first-order chi connectivity index (χ1) is 14.9. The lowest BCUT2D eigenvalue weighted by Gasteiger charge is -2.49. The number of hydrogen-bond donors (Lipinski definition) is 0. The minimum absolute atomic E-state index is 0.0171. The van der Waals surface area contributed by atoms with Crippen LogP contribution in [0.3, 0.4) is 0 Å². The van der Waals surface area contributed by atoms with Gasteiger partial charge in [0.05, 0.1) is 12.0 Å². The molecule has 6 heteroatoms. The molecule has 1 spiro atoms. The third-order valence-electron chi connectivity index (χ3n) is 9.21. The van der Waals surface area contributed by atoms with E-state index < -0.39 is 0 Å². The van der Waals surface area contributed by atoms with E-state index in [-0.39, 0.29) is 46.8 Å². The van der Waals surface area contributed by atoms with Gasteiger partial charge >= 0.3 is 5.97 Å². The molecule has 0 aromatic heterocycles. The van der Waals surface area contributed by atoms with Gasteiger partial charge in [-0.1, -0.05) is 20.3 Å². The van der Waals surface area contributed by atoms with Gasteiger partial charge in [-0.05, 0) is 49.4 Å². The molecule has 0 N–H and O–H groups in total. The molecule has 0 amide bonds. The number of hydrogen-bond acceptors (Lipinski definition) is 5. The van der Waals surface area contributed by atoms with Crippen LogP contribution in [0.4, 0.5) is 10.1 Å². The maximum Gasteiger partial charge on any atom is 0.311 e. The van der Waals surface area contributed by atoms with Crippen LogP contribution in [-0.4, -0.2) is 61.4 Å². The van der Waals surface area contributed by atoms with E-state index in [1.807, 2.05) is 12.1 Å². The Balaban J connectivity index is 1.14. The normalized spacial score (nSPS) is 44.3. The quantitative estimate of drug-likeness (QED) is 0.545. The fourth-order valence-electron chi connectivity index (χ4n) is 7.56. The number of benzene rings is 1. The highest BCUT2D eigenvalue weighted by atomic mass is 19.1. The highest BCUT2D eigenvalue weighted by Crippen LogP contribution is 2.70. The standard InChI is InChI=1S/C25H33FN2O3/c1-16-4-3-9-24(2)14-20-21(22-25(16,24)31-22)19(23(29)30-20)15-27-10-12-28(13-11-27)18-7-5-17(26)6-8-18/h5-8,16,19-22H,3-4,9-15H2,1-2H3/t16-,19+,20+,21+,22-,24+,25-/m0/s1. The summed E-state index contributed by atoms with van der Waals surface area (Å²) in [6, 6.07) is 6.73. The van der Waals surface area contributed by atoms with Gasteiger partial charge in [-0.2, -0.15) is 0 Å². The number of carbonyl (C=O) groups is 1. The highest BCUT2D eigenvalue weighted by Gasteiger charge is 2.78. The number of anilines is 1. The van der Waals surface area contributed by atoms with Crippen molar-refractivity contribution < 1.29 is 18.7 Å². The Morgan fingerprint density at radius 1 is 1.16 bits per heavy atom. The summed E-state index contributed by atoms with van der Waals surface area (Å²) in [6.45, 7) is 9.07. The van der Waals surface area contributed by atoms with Crippen molar-refractivity contribution in [3.8, 4) is 0 Å². The van der Waals surface area contributed by atoms with E-state index >= 15 is 0 Å². The zero-order valence-electron chi connectivity index (χ0n) is 18.6. The monoisotopic (exact) mass is 428 g/mol. The third kappa shape index (κ3) is 2.90. The molecule has 168 valence electrons. The fourth-order valence-corrected chi connectivity index (χ4v) is 7.56. The summed E-state index contributed by atoms with van der Waals surface area (Å²) in [5, 5.41) is 0. The molecule has 31 heavy (non-hydrogen) atoms. The molecule has 0 bridgehead atoms. The Labute approximate surface area is 183 Å². The minimum atomic E-state index is -0.201. The summed E-state index contributed by atoms with van der Waals surface area (Å²) in [4.78, 5) is 17.6. The van der Waals surface area contributed by atoms with Crippen LogP contribution >= 0.6 is 0 Å². The molecule has 5 nitrogen and oxygen atoms in total. The molecule has 5 aliphatic rings. The Morgan fingerprint density at radius 3 is 2.65 bits per heavy atom. The van der Waals surface area contributed by atoms with Crippen molar-refractivity contribution in [2.24, 2.45) is 23.2 Å². The Bertz CT molecular complexity index is 870. The smallest absolute Gasteiger partial charge is 0.311 e. The van der Waals surface area contributed by atoms with Crippen LogP contribution in [0.1, 0.15) is 39.5 Å². The maximum absolute atomic E-state index is 13.2. The van der Waals surface area contributed by atoms with Crippen molar-refractivity contribution in [3.63, 3.8) is 0 Å². The van der Waals surface area contributed by atoms with Crippen molar-refractivity contribution in [2.75, 3.05) is 37.6 Å². The van der Waals surface area contributed by atoms with E-state index in [9.17, 15) is 9.18 Å². The minimum Gasteiger partial charge on any atom is -0.462 e. The van der Waals surface area contributed by atoms with Crippen molar-refractivity contribution in [2.45, 2.75) is 57.3 Å². The van der Waals surface area contributed by atoms with E-state index in [0.717, 1.165) is 44.8 Å². The van der Waals surface area contributed by atoms with Gasteiger partial charge in [0.2, 0.25) is 0 Å². The first kappa shape index (κ1) is 20.0. The molecule has 3 saturated heterocycles. The molecule has 2 saturated carbocycles. The van der Waals surface area contributed by atoms with Crippen molar-refractivity contribution in [3.05, 3.63) is 30.1 Å². The number of piperazine rings is 1. The van der Waals surface area contributed by atoms with Gasteiger partial charge in [-0.25, -0.2) is 4.39 Å². The fraction of sp³-hybridized carbons (Fsp3) is 0.720. The summed E-state index contributed by atoms with van der Waals surface area (Å²) in [5.74, 6) is 0.471. The Hall–Kier alpha value is -1.66. The zero-order valence-corrected chi connectivity index (χ0v) is 18.6. The molecule has 3 heterocycles. The first-order valence-corrected chi connectivity index (χ1v) is 12.0. The number of epoxide rings is 1. The molecule has 1 aromatic rings. The highest BCUT2D eigenvalue weighted by molar-refractivity contribution is 5.76. The second-order valence-electron chi connectivity index (χ2n) is 10.8. The predicted octanol–water partition coefficient (Wildman–Crippen LogP) is 3.47. The SMILES string of the molecule is C[C@H]1CCC[C@]2(C)C[C@H]3OC(=O)[C@H](CN4CCN(c5ccc(F)cc5)CC4)[C@H]3[C@@H]3O[C@@]132. The van der Waals surface area contributed by atoms with Gasteiger partial charge < -0.3 is 14.4 Å². The van der Waals surface area contributed by atoms with E-state index in [1.54, 1.807) is 0 Å². The van der Waals surface area contributed by atoms with Crippen molar-refractivity contribution >= 4 is 11.7 Å². The number of carbonyl (C=O) groups excluding carboxylic acids is 1. The molecule has 5 fully saturated rings. The van der Waals surface area contributed by atoms with Crippen LogP contribution in [0.2, 0.25) is 0 Å². The van der Waals surface area contributed by atoms with E-state index in [1.165, 1.54) is 31.4 Å². The van der Waals surface area contributed by atoms with Crippen LogP contribution in [0.25, 0.3) is 0 Å². The lowest BCUT2D eigenvalue weighted by molar-refractivity contribution is -0.146. The second kappa shape index (κ2) is 6.92. The summed E-state index contributed by atoms with van der Waals surface area (Å²) in [5.41, 5.74) is 1.18. The lowest BCUT2D eigenvalue weighted by Crippen LogP contribution is -2.55. The lowest BCUT2D eigenvalue weighted by atomic mass is 9.53. The first-order valence-electron chi connectivity index (χ1n) is 12.0. The van der Waals surface area contributed by atoms with Crippen LogP contribution in [0, 0.1) is 29.0 Å². The number of esters is 1. The van der Waals surface area contributed by atoms with Gasteiger partial charge in [0.15, 0.2) is 0 Å². The average molecular weight is 429 g/mol.